The Morgan fingerprint density at radius 1 is 1.05 bits per heavy atom. The molecule has 2 amide bonds. The van der Waals surface area contributed by atoms with Crippen LogP contribution in [-0.2, 0) is 0 Å². The van der Waals surface area contributed by atoms with Gasteiger partial charge in [0.2, 0.25) is 0 Å². The molecule has 0 radical (unpaired) electrons. The minimum absolute atomic E-state index is 0.184. The number of nitrogens with one attached hydrogen (secondary N) is 1. The van der Waals surface area contributed by atoms with Gasteiger partial charge in [0.05, 0.1) is 0 Å². The predicted molar refractivity (Wildman–Crippen MR) is 76.1 cm³/mol. The zero-order valence-electron chi connectivity index (χ0n) is 12.1. The molecule has 4 heteroatoms. The maximum atomic E-state index is 12.4. The van der Waals surface area contributed by atoms with Crippen molar-refractivity contribution in [3.63, 3.8) is 0 Å². The highest BCUT2D eigenvalue weighted by Crippen LogP contribution is 2.27. The van der Waals surface area contributed by atoms with E-state index in [-0.39, 0.29) is 6.03 Å². The predicted octanol–water partition coefficient (Wildman–Crippen LogP) is 2.05. The Hall–Kier alpha value is -0.770. The fourth-order valence-electron chi connectivity index (χ4n) is 4.04. The van der Waals surface area contributed by atoms with Crippen LogP contribution in [0, 0.1) is 5.92 Å². The van der Waals surface area contributed by atoms with E-state index in [0.29, 0.717) is 18.0 Å². The van der Waals surface area contributed by atoms with Crippen LogP contribution in [0.2, 0.25) is 0 Å². The summed E-state index contributed by atoms with van der Waals surface area (Å²) >= 11 is 0. The van der Waals surface area contributed by atoms with Crippen molar-refractivity contribution in [2.24, 2.45) is 5.92 Å². The van der Waals surface area contributed by atoms with Crippen LogP contribution >= 0.6 is 0 Å². The quantitative estimate of drug-likeness (QED) is 0.787. The van der Waals surface area contributed by atoms with Crippen LogP contribution in [0.25, 0.3) is 0 Å². The first-order valence-corrected chi connectivity index (χ1v) is 8.03. The van der Waals surface area contributed by atoms with E-state index in [0.717, 1.165) is 25.9 Å². The second kappa shape index (κ2) is 5.70. The largest absolute Gasteiger partial charge is 0.334 e. The van der Waals surface area contributed by atoms with E-state index in [1.54, 1.807) is 0 Å². The van der Waals surface area contributed by atoms with Crippen molar-refractivity contribution in [1.29, 1.82) is 0 Å². The zero-order chi connectivity index (χ0) is 13.2. The molecule has 3 aliphatic rings. The molecule has 3 unspecified atom stereocenters. The lowest BCUT2D eigenvalue weighted by Gasteiger charge is -2.35. The second-order valence-electron chi connectivity index (χ2n) is 6.64. The van der Waals surface area contributed by atoms with Gasteiger partial charge >= 0.3 is 6.03 Å². The SMILES string of the molecule is CC1CCCN(C(=O)NC2CCN3CCCCC23)C1. The molecule has 3 aliphatic heterocycles. The maximum Gasteiger partial charge on any atom is 0.317 e. The first kappa shape index (κ1) is 13.2. The Labute approximate surface area is 116 Å². The molecule has 0 bridgehead atoms. The van der Waals surface area contributed by atoms with Gasteiger partial charge in [-0.3, -0.25) is 4.90 Å². The topological polar surface area (TPSA) is 35.6 Å². The summed E-state index contributed by atoms with van der Waals surface area (Å²) in [4.78, 5) is 17.0. The van der Waals surface area contributed by atoms with Gasteiger partial charge in [0.1, 0.15) is 0 Å². The number of fused-ring (bicyclic) bond motifs is 1. The molecule has 0 spiro atoms. The second-order valence-corrected chi connectivity index (χ2v) is 6.64. The van der Waals surface area contributed by atoms with Crippen molar-refractivity contribution < 1.29 is 4.79 Å². The highest BCUT2D eigenvalue weighted by Gasteiger charge is 2.37. The van der Waals surface area contributed by atoms with Crippen LogP contribution in [0.4, 0.5) is 4.79 Å². The normalized spacial score (nSPS) is 36.1. The summed E-state index contributed by atoms with van der Waals surface area (Å²) in [5.41, 5.74) is 0. The van der Waals surface area contributed by atoms with Crippen LogP contribution in [-0.4, -0.2) is 54.1 Å². The van der Waals surface area contributed by atoms with E-state index >= 15 is 0 Å². The molecule has 108 valence electrons. The first-order chi connectivity index (χ1) is 9.24. The van der Waals surface area contributed by atoms with Crippen LogP contribution in [0.1, 0.15) is 45.4 Å². The molecular formula is C15H27N3O. The number of amides is 2. The zero-order valence-corrected chi connectivity index (χ0v) is 12.1. The summed E-state index contributed by atoms with van der Waals surface area (Å²) in [7, 11) is 0. The Bertz CT molecular complexity index is 333. The fourth-order valence-corrected chi connectivity index (χ4v) is 4.04. The van der Waals surface area contributed by atoms with Crippen molar-refractivity contribution in [1.82, 2.24) is 15.1 Å². The summed E-state index contributed by atoms with van der Waals surface area (Å²) in [5.74, 6) is 0.661. The molecule has 3 rings (SSSR count). The lowest BCUT2D eigenvalue weighted by atomic mass is 9.99. The number of likely N-dealkylation sites (tertiary alicyclic amines) is 1. The Morgan fingerprint density at radius 3 is 2.79 bits per heavy atom. The number of carbonyl (C=O) groups excluding carboxylic acids is 1. The van der Waals surface area contributed by atoms with Crippen LogP contribution in [0.15, 0.2) is 0 Å². The number of hydrogen-bond donors (Lipinski definition) is 1. The number of carbonyl (C=O) groups is 1. The van der Waals surface area contributed by atoms with Crippen molar-refractivity contribution in [3.05, 3.63) is 0 Å². The minimum atomic E-state index is 0.184. The Kier molecular flexibility index (Phi) is 3.96. The third kappa shape index (κ3) is 2.88. The monoisotopic (exact) mass is 265 g/mol. The van der Waals surface area contributed by atoms with Gasteiger partial charge in [-0.15, -0.1) is 0 Å². The fraction of sp³-hybridized carbons (Fsp3) is 0.933. The average Bonchev–Trinajstić information content (AvgIpc) is 2.82. The van der Waals surface area contributed by atoms with Gasteiger partial charge in [0, 0.05) is 31.7 Å². The molecule has 0 aromatic carbocycles. The van der Waals surface area contributed by atoms with Gasteiger partial charge in [-0.05, 0) is 44.6 Å². The number of urea groups is 1. The average molecular weight is 265 g/mol. The highest BCUT2D eigenvalue weighted by molar-refractivity contribution is 5.74. The van der Waals surface area contributed by atoms with Crippen molar-refractivity contribution in [3.8, 4) is 0 Å². The molecule has 0 saturated carbocycles. The van der Waals surface area contributed by atoms with Crippen molar-refractivity contribution >= 4 is 6.03 Å². The van der Waals surface area contributed by atoms with Crippen molar-refractivity contribution in [2.45, 2.75) is 57.5 Å². The summed E-state index contributed by atoms with van der Waals surface area (Å²) in [6, 6.07) is 1.19. The minimum Gasteiger partial charge on any atom is -0.334 e. The standard InChI is InChI=1S/C15H27N3O/c1-12-5-4-9-18(11-12)15(19)16-13-7-10-17-8-3-2-6-14(13)17/h12-14H,2-11H2,1H3,(H,16,19). The molecular weight excluding hydrogens is 238 g/mol. The van der Waals surface area contributed by atoms with Crippen molar-refractivity contribution in [2.75, 3.05) is 26.2 Å². The first-order valence-electron chi connectivity index (χ1n) is 8.03. The summed E-state index contributed by atoms with van der Waals surface area (Å²) in [6.45, 7) is 6.53. The van der Waals surface area contributed by atoms with Gasteiger partial charge in [-0.1, -0.05) is 13.3 Å². The molecule has 4 nitrogen and oxygen atoms in total. The highest BCUT2D eigenvalue weighted by atomic mass is 16.2. The van der Waals surface area contributed by atoms with Gasteiger partial charge in [0.15, 0.2) is 0 Å². The van der Waals surface area contributed by atoms with E-state index < -0.39 is 0 Å². The molecule has 3 fully saturated rings. The van der Waals surface area contributed by atoms with E-state index in [1.807, 2.05) is 4.90 Å². The molecule has 3 atom stereocenters. The van der Waals surface area contributed by atoms with Crippen LogP contribution in [0.5, 0.6) is 0 Å². The van der Waals surface area contributed by atoms with Crippen LogP contribution in [0.3, 0.4) is 0 Å². The number of rotatable bonds is 1. The number of piperidine rings is 2. The smallest absolute Gasteiger partial charge is 0.317 e. The van der Waals surface area contributed by atoms with Gasteiger partial charge in [0.25, 0.3) is 0 Å². The lowest BCUT2D eigenvalue weighted by Crippen LogP contribution is -2.52. The molecule has 3 heterocycles. The molecule has 0 aromatic rings. The Morgan fingerprint density at radius 2 is 1.95 bits per heavy atom. The molecule has 3 saturated heterocycles. The lowest BCUT2D eigenvalue weighted by molar-refractivity contribution is 0.153. The number of nitrogens with zero attached hydrogens (tertiary/aromatic N) is 2. The summed E-state index contributed by atoms with van der Waals surface area (Å²) in [6.07, 6.45) is 7.49. The van der Waals surface area contributed by atoms with Gasteiger partial charge in [-0.25, -0.2) is 4.79 Å². The molecule has 0 aliphatic carbocycles. The van der Waals surface area contributed by atoms with E-state index in [2.05, 4.69) is 17.1 Å². The number of hydrogen-bond acceptors (Lipinski definition) is 2. The summed E-state index contributed by atoms with van der Waals surface area (Å²) < 4.78 is 0. The maximum absolute atomic E-state index is 12.4. The van der Waals surface area contributed by atoms with E-state index in [4.69, 9.17) is 0 Å². The van der Waals surface area contributed by atoms with E-state index in [9.17, 15) is 4.79 Å². The van der Waals surface area contributed by atoms with Gasteiger partial charge < -0.3 is 10.2 Å². The summed E-state index contributed by atoms with van der Waals surface area (Å²) in [5, 5.41) is 3.31. The molecule has 19 heavy (non-hydrogen) atoms. The molecule has 0 aromatic heterocycles. The Balaban J connectivity index is 1.54. The van der Waals surface area contributed by atoms with E-state index in [1.165, 1.54) is 38.8 Å². The van der Waals surface area contributed by atoms with Crippen LogP contribution < -0.4 is 5.32 Å². The van der Waals surface area contributed by atoms with Gasteiger partial charge in [-0.2, -0.15) is 0 Å². The molecule has 1 N–H and O–H groups in total. The third-order valence-corrected chi connectivity index (χ3v) is 5.11. The third-order valence-electron chi connectivity index (χ3n) is 5.11.